The Labute approximate surface area is 159 Å². The fraction of sp³-hybridized carbons (Fsp3) is 0.364. The normalized spacial score (nSPS) is 18.8. The summed E-state index contributed by atoms with van der Waals surface area (Å²) in [5.41, 5.74) is 1.59. The maximum Gasteiger partial charge on any atom is 0.416 e. The third kappa shape index (κ3) is 4.37. The van der Waals surface area contributed by atoms with E-state index in [1.807, 2.05) is 55.5 Å². The zero-order chi connectivity index (χ0) is 19.2. The molecule has 2 amide bonds. The van der Waals surface area contributed by atoms with Crippen LogP contribution >= 0.6 is 0 Å². The van der Waals surface area contributed by atoms with E-state index >= 15 is 0 Å². The van der Waals surface area contributed by atoms with Crippen LogP contribution in [0.2, 0.25) is 0 Å². The summed E-state index contributed by atoms with van der Waals surface area (Å²) in [6.07, 6.45) is 0.261. The van der Waals surface area contributed by atoms with E-state index in [1.165, 1.54) is 4.90 Å². The van der Waals surface area contributed by atoms with Crippen LogP contribution < -0.4 is 0 Å². The second-order valence-electron chi connectivity index (χ2n) is 6.88. The van der Waals surface area contributed by atoms with Crippen molar-refractivity contribution in [2.75, 3.05) is 6.61 Å². The summed E-state index contributed by atoms with van der Waals surface area (Å²) in [5, 5.41) is 11.0. The number of rotatable bonds is 7. The summed E-state index contributed by atoms with van der Waals surface area (Å²) in [7, 11) is 0. The molecule has 1 aliphatic heterocycles. The van der Waals surface area contributed by atoms with Crippen LogP contribution in [0.1, 0.15) is 37.0 Å². The Morgan fingerprint density at radius 2 is 1.78 bits per heavy atom. The fourth-order valence-corrected chi connectivity index (χ4v) is 3.54. The number of carbonyl (C=O) groups excluding carboxylic acids is 2. The average Bonchev–Trinajstić information content (AvgIpc) is 3.07. The predicted molar refractivity (Wildman–Crippen MR) is 102 cm³/mol. The van der Waals surface area contributed by atoms with Crippen molar-refractivity contribution in [1.29, 1.82) is 0 Å². The molecule has 0 bridgehead atoms. The number of aliphatic hydroxyl groups excluding tert-OH is 1. The lowest BCUT2D eigenvalue weighted by atomic mass is 9.88. The SMILES string of the molecule is CCC[C@H]1COC(=O)N1C(=O)[C@H](Cc1ccccc1)[C@@H](O)c1ccccc1. The van der Waals surface area contributed by atoms with Gasteiger partial charge >= 0.3 is 6.09 Å². The molecule has 0 aromatic heterocycles. The van der Waals surface area contributed by atoms with Crippen molar-refractivity contribution >= 4 is 12.0 Å². The molecule has 0 spiro atoms. The largest absolute Gasteiger partial charge is 0.447 e. The monoisotopic (exact) mass is 367 g/mol. The van der Waals surface area contributed by atoms with E-state index < -0.39 is 18.1 Å². The molecule has 3 rings (SSSR count). The van der Waals surface area contributed by atoms with Crippen molar-refractivity contribution < 1.29 is 19.4 Å². The van der Waals surface area contributed by atoms with Crippen LogP contribution in [-0.4, -0.2) is 34.7 Å². The Bertz CT molecular complexity index is 762. The Balaban J connectivity index is 1.90. The number of aliphatic hydroxyl groups is 1. The zero-order valence-electron chi connectivity index (χ0n) is 15.5. The Kier molecular flexibility index (Phi) is 6.24. The highest BCUT2D eigenvalue weighted by Gasteiger charge is 2.42. The van der Waals surface area contributed by atoms with Gasteiger partial charge in [-0.1, -0.05) is 74.0 Å². The van der Waals surface area contributed by atoms with Gasteiger partial charge in [-0.15, -0.1) is 0 Å². The summed E-state index contributed by atoms with van der Waals surface area (Å²) in [6, 6.07) is 18.4. The zero-order valence-corrected chi connectivity index (χ0v) is 15.5. The number of benzene rings is 2. The lowest BCUT2D eigenvalue weighted by molar-refractivity contribution is -0.137. The van der Waals surface area contributed by atoms with Crippen LogP contribution in [0.4, 0.5) is 4.79 Å². The van der Waals surface area contributed by atoms with Gasteiger partial charge in [0.25, 0.3) is 0 Å². The van der Waals surface area contributed by atoms with Gasteiger partial charge in [-0.3, -0.25) is 4.79 Å². The van der Waals surface area contributed by atoms with E-state index in [1.54, 1.807) is 12.1 Å². The van der Waals surface area contributed by atoms with Crippen LogP contribution in [0, 0.1) is 5.92 Å². The fourth-order valence-electron chi connectivity index (χ4n) is 3.54. The van der Waals surface area contributed by atoms with Gasteiger partial charge in [0, 0.05) is 0 Å². The highest BCUT2D eigenvalue weighted by atomic mass is 16.6. The van der Waals surface area contributed by atoms with Gasteiger partial charge in [0.2, 0.25) is 5.91 Å². The number of hydrogen-bond donors (Lipinski definition) is 1. The molecule has 0 aliphatic carbocycles. The second-order valence-corrected chi connectivity index (χ2v) is 6.88. The number of imide groups is 1. The van der Waals surface area contributed by atoms with E-state index in [4.69, 9.17) is 4.74 Å². The van der Waals surface area contributed by atoms with E-state index in [9.17, 15) is 14.7 Å². The van der Waals surface area contributed by atoms with Crippen molar-refractivity contribution in [3.05, 3.63) is 71.8 Å². The van der Waals surface area contributed by atoms with Gasteiger partial charge in [0.1, 0.15) is 6.61 Å². The van der Waals surface area contributed by atoms with Crippen LogP contribution in [0.15, 0.2) is 60.7 Å². The first-order valence-electron chi connectivity index (χ1n) is 9.38. The molecular formula is C22H25NO4. The lowest BCUT2D eigenvalue weighted by Gasteiger charge is -2.28. The van der Waals surface area contributed by atoms with Crippen molar-refractivity contribution in [2.24, 2.45) is 5.92 Å². The Hall–Kier alpha value is -2.66. The summed E-state index contributed by atoms with van der Waals surface area (Å²) >= 11 is 0. The molecule has 2 aromatic rings. The molecule has 5 heteroatoms. The molecule has 1 N–H and O–H groups in total. The number of cyclic esters (lactones) is 1. The predicted octanol–water partition coefficient (Wildman–Crippen LogP) is 3.73. The van der Waals surface area contributed by atoms with Crippen LogP contribution in [0.5, 0.6) is 0 Å². The van der Waals surface area contributed by atoms with E-state index in [0.717, 1.165) is 12.0 Å². The first kappa shape index (κ1) is 19.1. The van der Waals surface area contributed by atoms with Crippen molar-refractivity contribution in [1.82, 2.24) is 4.90 Å². The molecule has 3 atom stereocenters. The van der Waals surface area contributed by atoms with Gasteiger partial charge < -0.3 is 9.84 Å². The molecule has 0 unspecified atom stereocenters. The third-order valence-electron chi connectivity index (χ3n) is 4.96. The lowest BCUT2D eigenvalue weighted by Crippen LogP contribution is -2.44. The molecule has 0 saturated carbocycles. The second kappa shape index (κ2) is 8.82. The number of ether oxygens (including phenoxy) is 1. The molecule has 2 aromatic carbocycles. The number of amides is 2. The summed E-state index contributed by atoms with van der Waals surface area (Å²) in [5.74, 6) is -1.14. The van der Waals surface area contributed by atoms with Crippen molar-refractivity contribution in [3.63, 3.8) is 0 Å². The summed E-state index contributed by atoms with van der Waals surface area (Å²) < 4.78 is 5.12. The molecule has 1 aliphatic rings. The molecule has 0 radical (unpaired) electrons. The highest BCUT2D eigenvalue weighted by Crippen LogP contribution is 2.30. The third-order valence-corrected chi connectivity index (χ3v) is 4.96. The molecule has 27 heavy (non-hydrogen) atoms. The van der Waals surface area contributed by atoms with Crippen LogP contribution in [0.25, 0.3) is 0 Å². The molecule has 5 nitrogen and oxygen atoms in total. The molecule has 142 valence electrons. The summed E-state index contributed by atoms with van der Waals surface area (Å²) in [6.45, 7) is 2.23. The van der Waals surface area contributed by atoms with E-state index in [0.29, 0.717) is 18.4 Å². The Morgan fingerprint density at radius 3 is 2.41 bits per heavy atom. The first-order chi connectivity index (χ1) is 13.1. The number of carbonyl (C=O) groups is 2. The maximum atomic E-state index is 13.3. The minimum absolute atomic E-state index is 0.220. The van der Waals surface area contributed by atoms with Crippen molar-refractivity contribution in [3.8, 4) is 0 Å². The van der Waals surface area contributed by atoms with Crippen LogP contribution in [0.3, 0.4) is 0 Å². The van der Waals surface area contributed by atoms with E-state index in [-0.39, 0.29) is 18.6 Å². The highest BCUT2D eigenvalue weighted by molar-refractivity contribution is 5.95. The quantitative estimate of drug-likeness (QED) is 0.810. The van der Waals surface area contributed by atoms with E-state index in [2.05, 4.69) is 0 Å². The number of hydrogen-bond acceptors (Lipinski definition) is 4. The maximum absolute atomic E-state index is 13.3. The Morgan fingerprint density at radius 1 is 1.15 bits per heavy atom. The van der Waals surface area contributed by atoms with Crippen LogP contribution in [-0.2, 0) is 16.0 Å². The molecule has 1 saturated heterocycles. The van der Waals surface area contributed by atoms with Crippen molar-refractivity contribution in [2.45, 2.75) is 38.3 Å². The van der Waals surface area contributed by atoms with Gasteiger partial charge in [-0.2, -0.15) is 0 Å². The smallest absolute Gasteiger partial charge is 0.416 e. The first-order valence-corrected chi connectivity index (χ1v) is 9.38. The number of nitrogens with zero attached hydrogens (tertiary/aromatic N) is 1. The topological polar surface area (TPSA) is 66.8 Å². The minimum Gasteiger partial charge on any atom is -0.447 e. The average molecular weight is 367 g/mol. The molecular weight excluding hydrogens is 342 g/mol. The minimum atomic E-state index is -1.01. The standard InChI is InChI=1S/C22H25NO4/c1-2-9-18-15-27-22(26)23(18)21(25)19(14-16-10-5-3-6-11-16)20(24)17-12-7-4-8-13-17/h3-8,10-13,18-20,24H,2,9,14-15H2,1H3/t18-,19+,20-/m0/s1. The molecule has 1 fully saturated rings. The van der Waals surface area contributed by atoms with Gasteiger partial charge in [0.05, 0.1) is 18.1 Å². The van der Waals surface area contributed by atoms with Gasteiger partial charge in [-0.05, 0) is 24.0 Å². The van der Waals surface area contributed by atoms with Gasteiger partial charge in [-0.25, -0.2) is 9.69 Å². The molecule has 1 heterocycles. The summed E-state index contributed by atoms with van der Waals surface area (Å²) in [4.78, 5) is 26.8. The van der Waals surface area contributed by atoms with Gasteiger partial charge in [0.15, 0.2) is 0 Å².